The van der Waals surface area contributed by atoms with E-state index in [4.69, 9.17) is 0 Å². The van der Waals surface area contributed by atoms with Crippen LogP contribution in [0.2, 0.25) is 0 Å². The van der Waals surface area contributed by atoms with Gasteiger partial charge in [-0.3, -0.25) is 4.79 Å². The van der Waals surface area contributed by atoms with E-state index in [0.717, 1.165) is 24.9 Å². The third-order valence-electron chi connectivity index (χ3n) is 5.66. The van der Waals surface area contributed by atoms with Crippen LogP contribution in [0.4, 0.5) is 5.82 Å². The van der Waals surface area contributed by atoms with Crippen molar-refractivity contribution in [2.75, 3.05) is 18.4 Å². The SMILES string of the molecule is O=C(c1cnc(NCCc2c[nH]c3ccccc23)cn1)N1CCc2ccccc2C1. The van der Waals surface area contributed by atoms with Crippen LogP contribution in [-0.2, 0) is 19.4 Å². The van der Waals surface area contributed by atoms with Crippen molar-refractivity contribution < 1.29 is 4.79 Å². The molecule has 0 radical (unpaired) electrons. The first-order chi connectivity index (χ1) is 14.8. The van der Waals surface area contributed by atoms with Gasteiger partial charge in [0.15, 0.2) is 0 Å². The van der Waals surface area contributed by atoms with E-state index in [1.54, 1.807) is 12.4 Å². The monoisotopic (exact) mass is 397 g/mol. The van der Waals surface area contributed by atoms with Crippen LogP contribution in [0.5, 0.6) is 0 Å². The van der Waals surface area contributed by atoms with Crippen LogP contribution < -0.4 is 5.32 Å². The van der Waals surface area contributed by atoms with Gasteiger partial charge in [0.1, 0.15) is 11.5 Å². The fourth-order valence-electron chi connectivity index (χ4n) is 4.02. The third-order valence-corrected chi connectivity index (χ3v) is 5.66. The van der Waals surface area contributed by atoms with Crippen molar-refractivity contribution in [3.8, 4) is 0 Å². The number of hydrogen-bond donors (Lipinski definition) is 2. The highest BCUT2D eigenvalue weighted by atomic mass is 16.2. The number of rotatable bonds is 5. The number of anilines is 1. The van der Waals surface area contributed by atoms with E-state index in [2.05, 4.69) is 56.8 Å². The van der Waals surface area contributed by atoms with Gasteiger partial charge in [-0.05, 0) is 35.6 Å². The summed E-state index contributed by atoms with van der Waals surface area (Å²) >= 11 is 0. The number of carbonyl (C=O) groups excluding carboxylic acids is 1. The van der Waals surface area contributed by atoms with Gasteiger partial charge in [-0.2, -0.15) is 0 Å². The molecule has 1 aliphatic rings. The molecule has 3 heterocycles. The summed E-state index contributed by atoms with van der Waals surface area (Å²) in [5.41, 5.74) is 5.33. The van der Waals surface area contributed by atoms with Crippen molar-refractivity contribution in [1.82, 2.24) is 19.9 Å². The molecule has 0 aliphatic carbocycles. The summed E-state index contributed by atoms with van der Waals surface area (Å²) in [6.45, 7) is 2.08. The predicted molar refractivity (Wildman–Crippen MR) is 117 cm³/mol. The zero-order valence-electron chi connectivity index (χ0n) is 16.6. The molecule has 0 saturated heterocycles. The molecule has 2 aromatic heterocycles. The number of hydrogen-bond acceptors (Lipinski definition) is 4. The molecule has 0 saturated carbocycles. The van der Waals surface area contributed by atoms with E-state index in [9.17, 15) is 4.79 Å². The number of para-hydroxylation sites is 1. The number of carbonyl (C=O) groups is 1. The summed E-state index contributed by atoms with van der Waals surface area (Å²) in [7, 11) is 0. The molecular weight excluding hydrogens is 374 g/mol. The molecule has 30 heavy (non-hydrogen) atoms. The Hall–Kier alpha value is -3.67. The van der Waals surface area contributed by atoms with Crippen LogP contribution in [0.15, 0.2) is 67.1 Å². The summed E-state index contributed by atoms with van der Waals surface area (Å²) in [6.07, 6.45) is 7.01. The topological polar surface area (TPSA) is 73.9 Å². The van der Waals surface area contributed by atoms with E-state index in [0.29, 0.717) is 24.6 Å². The molecule has 2 aromatic carbocycles. The highest BCUT2D eigenvalue weighted by Gasteiger charge is 2.22. The second-order valence-corrected chi connectivity index (χ2v) is 7.57. The minimum absolute atomic E-state index is 0.0673. The number of aromatic nitrogens is 3. The minimum Gasteiger partial charge on any atom is -0.368 e. The van der Waals surface area contributed by atoms with Gasteiger partial charge in [0.25, 0.3) is 5.91 Å². The van der Waals surface area contributed by atoms with E-state index in [1.807, 2.05) is 23.1 Å². The second kappa shape index (κ2) is 7.99. The first-order valence-electron chi connectivity index (χ1n) is 10.2. The zero-order chi connectivity index (χ0) is 20.3. The summed E-state index contributed by atoms with van der Waals surface area (Å²) < 4.78 is 0. The van der Waals surface area contributed by atoms with Crippen molar-refractivity contribution >= 4 is 22.6 Å². The van der Waals surface area contributed by atoms with Gasteiger partial charge >= 0.3 is 0 Å². The Morgan fingerprint density at radius 2 is 1.87 bits per heavy atom. The second-order valence-electron chi connectivity index (χ2n) is 7.57. The molecule has 0 fully saturated rings. The Morgan fingerprint density at radius 1 is 1.03 bits per heavy atom. The van der Waals surface area contributed by atoms with Crippen LogP contribution in [0, 0.1) is 0 Å². The van der Waals surface area contributed by atoms with Gasteiger partial charge in [-0.15, -0.1) is 0 Å². The largest absolute Gasteiger partial charge is 0.368 e. The normalized spacial score (nSPS) is 13.3. The van der Waals surface area contributed by atoms with Crippen molar-refractivity contribution in [2.45, 2.75) is 19.4 Å². The number of benzene rings is 2. The number of nitrogens with one attached hydrogen (secondary N) is 2. The molecule has 0 atom stereocenters. The number of nitrogens with zero attached hydrogens (tertiary/aromatic N) is 3. The highest BCUT2D eigenvalue weighted by Crippen LogP contribution is 2.20. The first kappa shape index (κ1) is 18.4. The average Bonchev–Trinajstić information content (AvgIpc) is 3.22. The molecule has 150 valence electrons. The lowest BCUT2D eigenvalue weighted by Gasteiger charge is -2.28. The Labute approximate surface area is 175 Å². The third kappa shape index (κ3) is 3.64. The molecular formula is C24H23N5O. The van der Waals surface area contributed by atoms with E-state index >= 15 is 0 Å². The number of aromatic amines is 1. The molecule has 1 aliphatic heterocycles. The van der Waals surface area contributed by atoms with Crippen molar-refractivity contribution in [3.63, 3.8) is 0 Å². The Kier molecular flexibility index (Phi) is 4.89. The molecule has 4 aromatic rings. The van der Waals surface area contributed by atoms with Crippen LogP contribution in [0.1, 0.15) is 27.2 Å². The summed E-state index contributed by atoms with van der Waals surface area (Å²) in [5, 5.41) is 4.54. The molecule has 1 amide bonds. The highest BCUT2D eigenvalue weighted by molar-refractivity contribution is 5.92. The van der Waals surface area contributed by atoms with Crippen molar-refractivity contribution in [3.05, 3.63) is 89.5 Å². The van der Waals surface area contributed by atoms with Gasteiger partial charge < -0.3 is 15.2 Å². The summed E-state index contributed by atoms with van der Waals surface area (Å²) in [4.78, 5) is 26.7. The van der Waals surface area contributed by atoms with Crippen molar-refractivity contribution in [2.24, 2.45) is 0 Å². The summed E-state index contributed by atoms with van der Waals surface area (Å²) in [5.74, 6) is 0.609. The molecule has 6 nitrogen and oxygen atoms in total. The van der Waals surface area contributed by atoms with Crippen LogP contribution in [0.3, 0.4) is 0 Å². The quantitative estimate of drug-likeness (QED) is 0.537. The fourth-order valence-corrected chi connectivity index (χ4v) is 4.02. The fraction of sp³-hybridized carbons (Fsp3) is 0.208. The molecule has 6 heteroatoms. The number of fused-ring (bicyclic) bond motifs is 2. The van der Waals surface area contributed by atoms with Gasteiger partial charge in [0.2, 0.25) is 0 Å². The van der Waals surface area contributed by atoms with Gasteiger partial charge in [0, 0.05) is 36.7 Å². The Balaban J connectivity index is 1.19. The maximum Gasteiger partial charge on any atom is 0.274 e. The summed E-state index contributed by atoms with van der Waals surface area (Å²) in [6, 6.07) is 16.6. The average molecular weight is 397 g/mol. The lowest BCUT2D eigenvalue weighted by molar-refractivity contribution is 0.0728. The smallest absolute Gasteiger partial charge is 0.274 e. The first-order valence-corrected chi connectivity index (χ1v) is 10.2. The lowest BCUT2D eigenvalue weighted by Crippen LogP contribution is -2.36. The van der Waals surface area contributed by atoms with Gasteiger partial charge in [0.05, 0.1) is 12.4 Å². The number of amides is 1. The zero-order valence-corrected chi connectivity index (χ0v) is 16.6. The van der Waals surface area contributed by atoms with Crippen LogP contribution >= 0.6 is 0 Å². The predicted octanol–water partition coefficient (Wildman–Crippen LogP) is 3.81. The minimum atomic E-state index is -0.0673. The van der Waals surface area contributed by atoms with Crippen molar-refractivity contribution in [1.29, 1.82) is 0 Å². The molecule has 2 N–H and O–H groups in total. The molecule has 0 unspecified atom stereocenters. The Morgan fingerprint density at radius 3 is 2.73 bits per heavy atom. The maximum absolute atomic E-state index is 12.8. The van der Waals surface area contributed by atoms with Gasteiger partial charge in [-0.25, -0.2) is 9.97 Å². The molecule has 5 rings (SSSR count). The molecule has 0 spiro atoms. The van der Waals surface area contributed by atoms with E-state index in [-0.39, 0.29) is 5.91 Å². The number of H-pyrrole nitrogens is 1. The standard InChI is InChI=1S/C24H23N5O/c30-24(29-12-10-17-5-1-2-6-19(17)16-29)22-14-28-23(15-27-22)25-11-9-18-13-26-21-8-4-3-7-20(18)21/h1-8,13-15,26H,9-12,16H2,(H,25,28). The Bertz CT molecular complexity index is 1180. The van der Waals surface area contributed by atoms with Crippen LogP contribution in [-0.4, -0.2) is 38.8 Å². The lowest BCUT2D eigenvalue weighted by atomic mass is 10.00. The maximum atomic E-state index is 12.8. The molecule has 0 bridgehead atoms. The van der Waals surface area contributed by atoms with E-state index in [1.165, 1.54) is 22.1 Å². The van der Waals surface area contributed by atoms with Gasteiger partial charge in [-0.1, -0.05) is 42.5 Å². The van der Waals surface area contributed by atoms with Crippen LogP contribution in [0.25, 0.3) is 10.9 Å². The van der Waals surface area contributed by atoms with E-state index < -0.39 is 0 Å².